The second-order valence-corrected chi connectivity index (χ2v) is 8.14. The average molecular weight is 440 g/mol. The predicted molar refractivity (Wildman–Crippen MR) is 123 cm³/mol. The molecule has 2 aliphatic rings. The standard InChI is InChI=1S/C24H33N5O3/c30-23(28-14-17-31-18-15-28)20-27-10-12-29(13-11-27)24(25-9-8-22-7-4-16-32-22)26-19-21-5-2-1-3-6-21/h1-7,16H,8-15,17-20H2,(H,25,26). The van der Waals surface area contributed by atoms with Crippen LogP contribution in [0.25, 0.3) is 0 Å². The van der Waals surface area contributed by atoms with Crippen molar-refractivity contribution in [1.82, 2.24) is 20.0 Å². The molecule has 1 N–H and O–H groups in total. The zero-order chi connectivity index (χ0) is 22.0. The minimum absolute atomic E-state index is 0.205. The van der Waals surface area contributed by atoms with Crippen LogP contribution >= 0.6 is 0 Å². The first-order chi connectivity index (χ1) is 15.8. The highest BCUT2D eigenvalue weighted by molar-refractivity contribution is 5.80. The first-order valence-electron chi connectivity index (χ1n) is 11.5. The lowest BCUT2D eigenvalue weighted by Crippen LogP contribution is -2.55. The van der Waals surface area contributed by atoms with Gasteiger partial charge in [0, 0.05) is 52.2 Å². The van der Waals surface area contributed by atoms with E-state index in [9.17, 15) is 4.79 Å². The van der Waals surface area contributed by atoms with E-state index in [2.05, 4.69) is 27.2 Å². The van der Waals surface area contributed by atoms with Crippen LogP contribution in [0, 0.1) is 0 Å². The lowest BCUT2D eigenvalue weighted by atomic mass is 10.2. The molecule has 4 rings (SSSR count). The van der Waals surface area contributed by atoms with Crippen LogP contribution < -0.4 is 5.32 Å². The fourth-order valence-electron chi connectivity index (χ4n) is 3.99. The fourth-order valence-corrected chi connectivity index (χ4v) is 3.99. The minimum Gasteiger partial charge on any atom is -0.469 e. The van der Waals surface area contributed by atoms with Crippen molar-refractivity contribution < 1.29 is 13.9 Å². The van der Waals surface area contributed by atoms with E-state index in [1.54, 1.807) is 6.26 Å². The molecular formula is C24H33N5O3. The Morgan fingerprint density at radius 2 is 1.72 bits per heavy atom. The molecule has 2 fully saturated rings. The van der Waals surface area contributed by atoms with Gasteiger partial charge in [-0.2, -0.15) is 0 Å². The Morgan fingerprint density at radius 1 is 0.938 bits per heavy atom. The van der Waals surface area contributed by atoms with E-state index in [1.807, 2.05) is 35.2 Å². The van der Waals surface area contributed by atoms with Crippen LogP contribution in [-0.2, 0) is 22.5 Å². The van der Waals surface area contributed by atoms with Gasteiger partial charge in [-0.1, -0.05) is 30.3 Å². The summed E-state index contributed by atoms with van der Waals surface area (Å²) in [5, 5.41) is 3.51. The number of hydrogen-bond donors (Lipinski definition) is 1. The van der Waals surface area contributed by atoms with Crippen molar-refractivity contribution in [3.05, 3.63) is 60.1 Å². The molecule has 0 aliphatic carbocycles. The Balaban J connectivity index is 1.30. The second-order valence-electron chi connectivity index (χ2n) is 8.14. The third kappa shape index (κ3) is 6.58. The van der Waals surface area contributed by atoms with Crippen molar-refractivity contribution in [3.63, 3.8) is 0 Å². The molecule has 172 valence electrons. The number of amides is 1. The van der Waals surface area contributed by atoms with Gasteiger partial charge >= 0.3 is 0 Å². The molecule has 0 bridgehead atoms. The molecule has 0 spiro atoms. The Bertz CT molecular complexity index is 842. The normalized spacial score (nSPS) is 18.1. The van der Waals surface area contributed by atoms with Gasteiger partial charge in [-0.3, -0.25) is 9.69 Å². The van der Waals surface area contributed by atoms with E-state index >= 15 is 0 Å². The fraction of sp³-hybridized carbons (Fsp3) is 0.500. The van der Waals surface area contributed by atoms with E-state index in [0.717, 1.165) is 50.9 Å². The number of rotatable bonds is 7. The summed E-state index contributed by atoms with van der Waals surface area (Å²) >= 11 is 0. The number of nitrogens with one attached hydrogen (secondary N) is 1. The molecule has 0 radical (unpaired) electrons. The average Bonchev–Trinajstić information content (AvgIpc) is 3.37. The van der Waals surface area contributed by atoms with Gasteiger partial charge in [-0.25, -0.2) is 4.99 Å². The van der Waals surface area contributed by atoms with Crippen LogP contribution in [0.1, 0.15) is 11.3 Å². The van der Waals surface area contributed by atoms with Gasteiger partial charge < -0.3 is 24.3 Å². The van der Waals surface area contributed by atoms with Crippen molar-refractivity contribution >= 4 is 11.9 Å². The highest BCUT2D eigenvalue weighted by atomic mass is 16.5. The molecule has 0 atom stereocenters. The lowest BCUT2D eigenvalue weighted by molar-refractivity contribution is -0.136. The van der Waals surface area contributed by atoms with E-state index < -0.39 is 0 Å². The number of carbonyl (C=O) groups excluding carboxylic acids is 1. The van der Waals surface area contributed by atoms with E-state index in [1.165, 1.54) is 5.56 Å². The molecule has 1 aromatic carbocycles. The topological polar surface area (TPSA) is 73.6 Å². The molecule has 0 saturated carbocycles. The van der Waals surface area contributed by atoms with Crippen LogP contribution in [0.2, 0.25) is 0 Å². The summed E-state index contributed by atoms with van der Waals surface area (Å²) in [7, 11) is 0. The van der Waals surface area contributed by atoms with Crippen molar-refractivity contribution in [2.75, 3.05) is 65.6 Å². The Hall–Kier alpha value is -2.84. The summed E-state index contributed by atoms with van der Waals surface area (Å²) in [6.07, 6.45) is 2.52. The number of aliphatic imine (C=N–C) groups is 1. The van der Waals surface area contributed by atoms with Crippen molar-refractivity contribution in [2.24, 2.45) is 4.99 Å². The maximum Gasteiger partial charge on any atom is 0.236 e. The zero-order valence-electron chi connectivity index (χ0n) is 18.6. The summed E-state index contributed by atoms with van der Waals surface area (Å²) < 4.78 is 10.8. The van der Waals surface area contributed by atoms with Crippen LogP contribution in [0.4, 0.5) is 0 Å². The van der Waals surface area contributed by atoms with Gasteiger partial charge in [-0.15, -0.1) is 0 Å². The van der Waals surface area contributed by atoms with Crippen molar-refractivity contribution in [3.8, 4) is 0 Å². The molecule has 32 heavy (non-hydrogen) atoms. The second kappa shape index (κ2) is 11.7. The van der Waals surface area contributed by atoms with E-state index in [-0.39, 0.29) is 5.91 Å². The SMILES string of the molecule is O=C(CN1CCN(C(=NCc2ccccc2)NCCc2ccco2)CC1)N1CCOCC1. The minimum atomic E-state index is 0.205. The summed E-state index contributed by atoms with van der Waals surface area (Å²) in [5.74, 6) is 2.09. The largest absolute Gasteiger partial charge is 0.469 e. The molecule has 1 aromatic heterocycles. The van der Waals surface area contributed by atoms with Crippen LogP contribution in [0.15, 0.2) is 58.1 Å². The zero-order valence-corrected chi connectivity index (χ0v) is 18.6. The van der Waals surface area contributed by atoms with Crippen molar-refractivity contribution in [1.29, 1.82) is 0 Å². The highest BCUT2D eigenvalue weighted by Crippen LogP contribution is 2.07. The maximum absolute atomic E-state index is 12.6. The summed E-state index contributed by atoms with van der Waals surface area (Å²) in [5.41, 5.74) is 1.19. The van der Waals surface area contributed by atoms with Gasteiger partial charge in [0.2, 0.25) is 5.91 Å². The van der Waals surface area contributed by atoms with Crippen LogP contribution in [-0.4, -0.2) is 92.1 Å². The Labute approximate surface area is 189 Å². The summed E-state index contributed by atoms with van der Waals surface area (Å²) in [6.45, 7) is 7.96. The predicted octanol–water partition coefficient (Wildman–Crippen LogP) is 1.44. The smallest absolute Gasteiger partial charge is 0.236 e. The number of hydrogen-bond acceptors (Lipinski definition) is 5. The van der Waals surface area contributed by atoms with Gasteiger partial charge in [0.15, 0.2) is 5.96 Å². The third-order valence-electron chi connectivity index (χ3n) is 5.88. The van der Waals surface area contributed by atoms with E-state index in [0.29, 0.717) is 39.4 Å². The molecule has 8 nitrogen and oxygen atoms in total. The van der Waals surface area contributed by atoms with E-state index in [4.69, 9.17) is 14.1 Å². The van der Waals surface area contributed by atoms with Crippen LogP contribution in [0.5, 0.6) is 0 Å². The number of benzene rings is 1. The lowest BCUT2D eigenvalue weighted by Gasteiger charge is -2.37. The third-order valence-corrected chi connectivity index (χ3v) is 5.88. The first kappa shape index (κ1) is 22.4. The van der Waals surface area contributed by atoms with Gasteiger partial charge in [0.1, 0.15) is 5.76 Å². The first-order valence-corrected chi connectivity index (χ1v) is 11.5. The van der Waals surface area contributed by atoms with Gasteiger partial charge in [-0.05, 0) is 17.7 Å². The van der Waals surface area contributed by atoms with Crippen LogP contribution in [0.3, 0.4) is 0 Å². The molecule has 2 saturated heterocycles. The quantitative estimate of drug-likeness (QED) is 0.520. The molecule has 2 aliphatic heterocycles. The number of piperazine rings is 1. The molecule has 8 heteroatoms. The Morgan fingerprint density at radius 3 is 2.44 bits per heavy atom. The monoisotopic (exact) mass is 439 g/mol. The summed E-state index contributed by atoms with van der Waals surface area (Å²) in [6, 6.07) is 14.2. The molecule has 0 unspecified atom stereocenters. The number of guanidine groups is 1. The number of ether oxygens (including phenoxy) is 1. The van der Waals surface area contributed by atoms with Gasteiger partial charge in [0.05, 0.1) is 32.6 Å². The van der Waals surface area contributed by atoms with Crippen molar-refractivity contribution in [2.45, 2.75) is 13.0 Å². The molecular weight excluding hydrogens is 406 g/mol. The number of nitrogens with zero attached hydrogens (tertiary/aromatic N) is 4. The van der Waals surface area contributed by atoms with Gasteiger partial charge in [0.25, 0.3) is 0 Å². The molecule has 1 amide bonds. The summed E-state index contributed by atoms with van der Waals surface area (Å²) in [4.78, 5) is 23.9. The number of morpholine rings is 1. The highest BCUT2D eigenvalue weighted by Gasteiger charge is 2.24. The molecule has 3 heterocycles. The Kier molecular flexibility index (Phi) is 8.17. The maximum atomic E-state index is 12.6. The molecule has 2 aromatic rings. The number of furan rings is 1. The number of carbonyl (C=O) groups is 1.